The van der Waals surface area contributed by atoms with Crippen LogP contribution < -0.4 is 5.32 Å². The van der Waals surface area contributed by atoms with Gasteiger partial charge in [0.1, 0.15) is 16.8 Å². The number of ether oxygens (including phenoxy) is 1. The Bertz CT molecular complexity index is 1590. The Morgan fingerprint density at radius 2 is 1.95 bits per heavy atom. The number of nitrogens with zero attached hydrogens (tertiary/aromatic N) is 3. The predicted molar refractivity (Wildman–Crippen MR) is 149 cm³/mol. The van der Waals surface area contributed by atoms with Gasteiger partial charge in [-0.05, 0) is 58.7 Å². The van der Waals surface area contributed by atoms with E-state index >= 15 is 0 Å². The lowest BCUT2D eigenvalue weighted by atomic mass is 10.0. The van der Waals surface area contributed by atoms with Gasteiger partial charge in [0.15, 0.2) is 0 Å². The molecule has 1 N–H and O–H groups in total. The number of pyridine rings is 1. The summed E-state index contributed by atoms with van der Waals surface area (Å²) < 4.78 is 34.7. The van der Waals surface area contributed by atoms with Gasteiger partial charge in [-0.3, -0.25) is 9.47 Å². The fourth-order valence-corrected chi connectivity index (χ4v) is 5.44. The topological polar surface area (TPSA) is 59.4 Å². The number of aromatic nitrogens is 2. The highest BCUT2D eigenvalue weighted by Crippen LogP contribution is 2.35. The van der Waals surface area contributed by atoms with Crippen molar-refractivity contribution in [3.63, 3.8) is 0 Å². The number of carbonyl (C=O) groups excluding carboxylic acids is 1. The fraction of sp³-hybridized carbons (Fsp3) is 0.241. The first-order valence-electron chi connectivity index (χ1n) is 12.4. The van der Waals surface area contributed by atoms with Gasteiger partial charge in [-0.25, -0.2) is 18.6 Å². The second kappa shape index (κ2) is 11.4. The summed E-state index contributed by atoms with van der Waals surface area (Å²) in [6.45, 7) is 3.44. The second-order valence-electron chi connectivity index (χ2n) is 9.59. The number of amides is 1. The Hall–Kier alpha value is -3.30. The lowest BCUT2D eigenvalue weighted by molar-refractivity contribution is 0.134. The monoisotopic (exact) mass is 570 g/mol. The summed E-state index contributed by atoms with van der Waals surface area (Å²) in [7, 11) is 0. The van der Waals surface area contributed by atoms with Gasteiger partial charge in [0.25, 0.3) is 0 Å². The minimum absolute atomic E-state index is 0. The van der Waals surface area contributed by atoms with E-state index in [2.05, 4.69) is 27.3 Å². The Kier molecular flexibility index (Phi) is 8.00. The number of nitrogens with one attached hydrogen (secondary N) is 1. The van der Waals surface area contributed by atoms with Gasteiger partial charge in [-0.1, -0.05) is 23.8 Å². The molecule has 4 aromatic rings. The molecule has 6 nitrogen and oxygen atoms in total. The van der Waals surface area contributed by atoms with Crippen molar-refractivity contribution in [2.45, 2.75) is 32.7 Å². The van der Waals surface area contributed by atoms with Gasteiger partial charge < -0.3 is 10.1 Å². The van der Waals surface area contributed by atoms with E-state index in [4.69, 9.17) is 16.3 Å². The van der Waals surface area contributed by atoms with Gasteiger partial charge in [-0.2, -0.15) is 0 Å². The van der Waals surface area contributed by atoms with Crippen molar-refractivity contribution < 1.29 is 18.3 Å². The van der Waals surface area contributed by atoms with Crippen LogP contribution >= 0.6 is 24.0 Å². The number of rotatable bonds is 5. The Balaban J connectivity index is 0.00000308. The molecular formula is C29H26Cl2F2N4O2. The average molecular weight is 571 g/mol. The van der Waals surface area contributed by atoms with Crippen LogP contribution in [-0.2, 0) is 37.5 Å². The Morgan fingerprint density at radius 1 is 1.13 bits per heavy atom. The van der Waals surface area contributed by atoms with E-state index in [1.807, 2.05) is 12.1 Å². The molecule has 10 heteroatoms. The molecule has 6 rings (SSSR count). The molecule has 2 aromatic heterocycles. The number of fused-ring (bicyclic) bond motifs is 4. The lowest BCUT2D eigenvalue weighted by Crippen LogP contribution is -2.34. The van der Waals surface area contributed by atoms with E-state index in [-0.39, 0.29) is 18.4 Å². The van der Waals surface area contributed by atoms with E-state index in [1.54, 1.807) is 22.9 Å². The quantitative estimate of drug-likeness (QED) is 0.288. The highest BCUT2D eigenvalue weighted by Gasteiger charge is 2.28. The van der Waals surface area contributed by atoms with Crippen LogP contribution in [0.5, 0.6) is 0 Å². The molecule has 0 spiro atoms. The molecule has 0 unspecified atom stereocenters. The molecule has 4 heterocycles. The summed E-state index contributed by atoms with van der Waals surface area (Å²) >= 11 is 6.00. The number of hydrogen-bond donors (Lipinski definition) is 1. The largest absolute Gasteiger partial charge is 0.372 e. The molecule has 2 aliphatic heterocycles. The second-order valence-corrected chi connectivity index (χ2v) is 9.98. The van der Waals surface area contributed by atoms with Crippen molar-refractivity contribution in [2.75, 3.05) is 13.1 Å². The van der Waals surface area contributed by atoms with Crippen LogP contribution in [-0.4, -0.2) is 33.6 Å². The van der Waals surface area contributed by atoms with Crippen LogP contribution in [0, 0.1) is 11.6 Å². The zero-order valence-corrected chi connectivity index (χ0v) is 22.5. The summed E-state index contributed by atoms with van der Waals surface area (Å²) in [5.74, 6) is -1.17. The molecular weight excluding hydrogens is 545 g/mol. The van der Waals surface area contributed by atoms with Crippen LogP contribution in [0.4, 0.5) is 13.6 Å². The van der Waals surface area contributed by atoms with Crippen molar-refractivity contribution in [1.82, 2.24) is 19.8 Å². The van der Waals surface area contributed by atoms with Crippen molar-refractivity contribution in [1.29, 1.82) is 0 Å². The molecule has 2 aromatic carbocycles. The Labute approximate surface area is 235 Å². The molecule has 0 aliphatic carbocycles. The first-order chi connectivity index (χ1) is 18.5. The first-order valence-corrected chi connectivity index (χ1v) is 12.8. The smallest absolute Gasteiger partial charge is 0.326 e. The number of benzene rings is 2. The molecule has 0 saturated heterocycles. The minimum atomic E-state index is -0.593. The van der Waals surface area contributed by atoms with E-state index in [9.17, 15) is 13.6 Å². The third kappa shape index (κ3) is 5.56. The molecule has 202 valence electrons. The highest BCUT2D eigenvalue weighted by atomic mass is 35.5. The van der Waals surface area contributed by atoms with Crippen molar-refractivity contribution in [3.8, 4) is 0 Å². The predicted octanol–water partition coefficient (Wildman–Crippen LogP) is 6.25. The molecule has 0 fully saturated rings. The van der Waals surface area contributed by atoms with E-state index < -0.39 is 11.6 Å². The molecule has 1 amide bonds. The molecule has 0 atom stereocenters. The summed E-state index contributed by atoms with van der Waals surface area (Å²) in [6, 6.07) is 11.2. The third-order valence-electron chi connectivity index (χ3n) is 7.13. The van der Waals surface area contributed by atoms with Gasteiger partial charge in [0.05, 0.1) is 18.7 Å². The molecule has 0 bridgehead atoms. The number of carbonyl (C=O) groups is 1. The zero-order valence-electron chi connectivity index (χ0n) is 20.9. The fourth-order valence-electron chi connectivity index (χ4n) is 5.25. The van der Waals surface area contributed by atoms with Crippen molar-refractivity contribution in [3.05, 3.63) is 105 Å². The van der Waals surface area contributed by atoms with Crippen molar-refractivity contribution >= 4 is 47.0 Å². The molecule has 39 heavy (non-hydrogen) atoms. The number of hydrogen-bond acceptors (Lipinski definition) is 4. The summed E-state index contributed by atoms with van der Waals surface area (Å²) in [5.41, 5.74) is 6.45. The van der Waals surface area contributed by atoms with E-state index in [0.717, 1.165) is 51.5 Å². The van der Waals surface area contributed by atoms with Gasteiger partial charge in [0.2, 0.25) is 0 Å². The maximum Gasteiger partial charge on any atom is 0.326 e. The minimum Gasteiger partial charge on any atom is -0.372 e. The lowest BCUT2D eigenvalue weighted by Gasteiger charge is -2.27. The van der Waals surface area contributed by atoms with Gasteiger partial charge >= 0.3 is 6.03 Å². The van der Waals surface area contributed by atoms with E-state index in [1.165, 1.54) is 12.1 Å². The van der Waals surface area contributed by atoms with Gasteiger partial charge in [0, 0.05) is 61.5 Å². The summed E-state index contributed by atoms with van der Waals surface area (Å²) in [6.07, 6.45) is 5.88. The Morgan fingerprint density at radius 3 is 2.74 bits per heavy atom. The summed E-state index contributed by atoms with van der Waals surface area (Å²) in [4.78, 5) is 19.8. The molecule has 2 aliphatic rings. The van der Waals surface area contributed by atoms with Gasteiger partial charge in [-0.15, -0.1) is 12.4 Å². The number of halogens is 4. The molecule has 0 saturated carbocycles. The summed E-state index contributed by atoms with van der Waals surface area (Å²) in [5, 5.41) is 4.46. The maximum absolute atomic E-state index is 14.0. The average Bonchev–Trinajstić information content (AvgIpc) is 3.49. The standard InChI is InChI=1S/C29H25ClF2N4O2.ClH/c30-28-10-18(5-7-33-28)14-34-29(37)36-26-6-9-35(8-1-2-19-3-4-22(31)13-25(19)32)15-24(26)23-11-20-16-38-17-21(20)12-27(23)36;/h1-5,7,10-13H,6,8-9,14-17H2,(H,34,37);1H/b2-1+;. The van der Waals surface area contributed by atoms with Crippen LogP contribution in [0.3, 0.4) is 0 Å². The van der Waals surface area contributed by atoms with Crippen LogP contribution in [0.25, 0.3) is 17.0 Å². The molecule has 0 radical (unpaired) electrons. The zero-order chi connectivity index (χ0) is 26.2. The third-order valence-corrected chi connectivity index (χ3v) is 7.33. The van der Waals surface area contributed by atoms with Crippen molar-refractivity contribution in [2.24, 2.45) is 0 Å². The van der Waals surface area contributed by atoms with Crippen LogP contribution in [0.1, 0.15) is 33.5 Å². The van der Waals surface area contributed by atoms with Crippen LogP contribution in [0.15, 0.2) is 54.7 Å². The van der Waals surface area contributed by atoms with E-state index in [0.29, 0.717) is 50.0 Å². The first kappa shape index (κ1) is 27.3. The maximum atomic E-state index is 14.0. The normalized spacial score (nSPS) is 14.8. The highest BCUT2D eigenvalue weighted by molar-refractivity contribution is 6.29. The van der Waals surface area contributed by atoms with Crippen LogP contribution in [0.2, 0.25) is 5.15 Å². The SMILES string of the molecule is Cl.O=C(NCc1ccnc(Cl)c1)n1c2c(c3cc4c(cc31)COC4)CN(C/C=C/c1ccc(F)cc1F)CC2.